The van der Waals surface area contributed by atoms with Gasteiger partial charge >= 0.3 is 0 Å². The molecule has 0 aliphatic rings. The Bertz CT molecular complexity index is 285. The van der Waals surface area contributed by atoms with E-state index in [9.17, 15) is 0 Å². The molecule has 17 heavy (non-hydrogen) atoms. The van der Waals surface area contributed by atoms with Gasteiger partial charge in [-0.2, -0.15) is 0 Å². The average Bonchev–Trinajstić information content (AvgIpc) is 2.33. The van der Waals surface area contributed by atoms with Crippen LogP contribution in [0.25, 0.3) is 0 Å². The van der Waals surface area contributed by atoms with Gasteiger partial charge in [0.15, 0.2) is 0 Å². The van der Waals surface area contributed by atoms with Crippen molar-refractivity contribution in [3.8, 4) is 0 Å². The molecule has 0 bridgehead atoms. The third-order valence-corrected chi connectivity index (χ3v) is 2.79. The first-order valence-corrected chi connectivity index (χ1v) is 6.47. The third kappa shape index (κ3) is 7.08. The van der Waals surface area contributed by atoms with Crippen molar-refractivity contribution < 1.29 is 0 Å². The van der Waals surface area contributed by atoms with Gasteiger partial charge in [-0.05, 0) is 38.1 Å². The molecule has 0 amide bonds. The Labute approximate surface area is 105 Å². The van der Waals surface area contributed by atoms with Crippen LogP contribution in [0.4, 0.5) is 0 Å². The lowest BCUT2D eigenvalue weighted by atomic mass is 10.1. The van der Waals surface area contributed by atoms with Gasteiger partial charge in [-0.1, -0.05) is 19.9 Å². The highest BCUT2D eigenvalue weighted by molar-refractivity contribution is 5.02. The minimum Gasteiger partial charge on any atom is -0.310 e. The van der Waals surface area contributed by atoms with Gasteiger partial charge in [-0.3, -0.25) is 4.98 Å². The van der Waals surface area contributed by atoms with E-state index in [1.165, 1.54) is 13.0 Å². The third-order valence-electron chi connectivity index (χ3n) is 2.79. The number of hydrogen-bond donors (Lipinski definition) is 1. The average molecular weight is 235 g/mol. The van der Waals surface area contributed by atoms with Gasteiger partial charge in [0.05, 0.1) is 5.69 Å². The molecule has 1 rings (SSSR count). The predicted molar refractivity (Wildman–Crippen MR) is 72.9 cm³/mol. The SMILES string of the molecule is CC(C)CCN(C)CCNCc1ccccn1. The summed E-state index contributed by atoms with van der Waals surface area (Å²) in [5, 5.41) is 3.42. The number of pyridine rings is 1. The fraction of sp³-hybridized carbons (Fsp3) is 0.643. The summed E-state index contributed by atoms with van der Waals surface area (Å²) in [7, 11) is 2.19. The molecule has 0 aliphatic carbocycles. The number of hydrogen-bond acceptors (Lipinski definition) is 3. The summed E-state index contributed by atoms with van der Waals surface area (Å²) in [5.74, 6) is 0.791. The Morgan fingerprint density at radius 1 is 1.29 bits per heavy atom. The van der Waals surface area contributed by atoms with E-state index in [1.807, 2.05) is 18.3 Å². The molecule has 0 aromatic carbocycles. The quantitative estimate of drug-likeness (QED) is 0.700. The van der Waals surface area contributed by atoms with Crippen LogP contribution in [-0.2, 0) is 6.54 Å². The molecule has 96 valence electrons. The number of rotatable bonds is 8. The summed E-state index contributed by atoms with van der Waals surface area (Å²) in [6.45, 7) is 8.70. The lowest BCUT2D eigenvalue weighted by molar-refractivity contribution is 0.308. The van der Waals surface area contributed by atoms with Crippen molar-refractivity contribution in [1.29, 1.82) is 0 Å². The van der Waals surface area contributed by atoms with Crippen LogP contribution in [0.1, 0.15) is 26.0 Å². The molecule has 1 aromatic heterocycles. The minimum absolute atomic E-state index is 0.791. The van der Waals surface area contributed by atoms with Crippen molar-refractivity contribution in [1.82, 2.24) is 15.2 Å². The van der Waals surface area contributed by atoms with E-state index < -0.39 is 0 Å². The van der Waals surface area contributed by atoms with E-state index in [2.05, 4.69) is 42.2 Å². The van der Waals surface area contributed by atoms with Crippen LogP contribution >= 0.6 is 0 Å². The lowest BCUT2D eigenvalue weighted by Crippen LogP contribution is -2.30. The maximum Gasteiger partial charge on any atom is 0.0541 e. The van der Waals surface area contributed by atoms with Crippen LogP contribution in [0.2, 0.25) is 0 Å². The number of nitrogens with zero attached hydrogens (tertiary/aromatic N) is 2. The number of likely N-dealkylation sites (N-methyl/N-ethyl adjacent to an activating group) is 1. The summed E-state index contributed by atoms with van der Waals surface area (Å²) in [4.78, 5) is 6.66. The summed E-state index contributed by atoms with van der Waals surface area (Å²) in [5.41, 5.74) is 1.11. The van der Waals surface area contributed by atoms with Crippen molar-refractivity contribution >= 4 is 0 Å². The van der Waals surface area contributed by atoms with Gasteiger partial charge < -0.3 is 10.2 Å². The highest BCUT2D eigenvalue weighted by Crippen LogP contribution is 1.99. The molecule has 3 heteroatoms. The summed E-state index contributed by atoms with van der Waals surface area (Å²) < 4.78 is 0. The fourth-order valence-electron chi connectivity index (χ4n) is 1.58. The molecule has 1 N–H and O–H groups in total. The van der Waals surface area contributed by atoms with Crippen LogP contribution < -0.4 is 5.32 Å². The second-order valence-electron chi connectivity index (χ2n) is 4.98. The Morgan fingerprint density at radius 2 is 2.12 bits per heavy atom. The highest BCUT2D eigenvalue weighted by atomic mass is 15.1. The first-order chi connectivity index (χ1) is 8.18. The van der Waals surface area contributed by atoms with E-state index in [1.54, 1.807) is 0 Å². The zero-order valence-electron chi connectivity index (χ0n) is 11.3. The van der Waals surface area contributed by atoms with E-state index >= 15 is 0 Å². The molecule has 0 radical (unpaired) electrons. The second-order valence-corrected chi connectivity index (χ2v) is 4.98. The largest absolute Gasteiger partial charge is 0.310 e. The molecule has 0 fully saturated rings. The highest BCUT2D eigenvalue weighted by Gasteiger charge is 2.00. The van der Waals surface area contributed by atoms with E-state index in [0.29, 0.717) is 0 Å². The first-order valence-electron chi connectivity index (χ1n) is 6.47. The fourth-order valence-corrected chi connectivity index (χ4v) is 1.58. The van der Waals surface area contributed by atoms with Crippen molar-refractivity contribution in [3.05, 3.63) is 30.1 Å². The standard InChI is InChI=1S/C14H25N3/c1-13(2)7-10-17(3)11-9-15-12-14-6-4-5-8-16-14/h4-6,8,13,15H,7,9-12H2,1-3H3. The molecular weight excluding hydrogens is 210 g/mol. The summed E-state index contributed by atoms with van der Waals surface area (Å²) >= 11 is 0. The van der Waals surface area contributed by atoms with Gasteiger partial charge in [0, 0.05) is 25.8 Å². The normalized spacial score (nSPS) is 11.4. The van der Waals surface area contributed by atoms with Crippen LogP contribution in [0.5, 0.6) is 0 Å². The monoisotopic (exact) mass is 235 g/mol. The Hall–Kier alpha value is -0.930. The molecule has 0 saturated carbocycles. The minimum atomic E-state index is 0.791. The predicted octanol–water partition coefficient (Wildman–Crippen LogP) is 2.15. The van der Waals surface area contributed by atoms with Gasteiger partial charge in [0.2, 0.25) is 0 Å². The van der Waals surface area contributed by atoms with Crippen LogP contribution in [-0.4, -0.2) is 36.6 Å². The van der Waals surface area contributed by atoms with E-state index in [4.69, 9.17) is 0 Å². The molecule has 0 unspecified atom stereocenters. The molecule has 1 heterocycles. The van der Waals surface area contributed by atoms with Crippen LogP contribution in [0.3, 0.4) is 0 Å². The van der Waals surface area contributed by atoms with Crippen molar-refractivity contribution in [3.63, 3.8) is 0 Å². The topological polar surface area (TPSA) is 28.2 Å². The van der Waals surface area contributed by atoms with Crippen molar-refractivity contribution in [2.75, 3.05) is 26.7 Å². The second kappa shape index (κ2) is 8.20. The summed E-state index contributed by atoms with van der Waals surface area (Å²) in [6, 6.07) is 6.03. The number of nitrogens with one attached hydrogen (secondary N) is 1. The Balaban J connectivity index is 2.04. The van der Waals surface area contributed by atoms with E-state index in [0.717, 1.165) is 31.2 Å². The molecule has 1 aromatic rings. The lowest BCUT2D eigenvalue weighted by Gasteiger charge is -2.17. The van der Waals surface area contributed by atoms with Crippen LogP contribution in [0.15, 0.2) is 24.4 Å². The maximum atomic E-state index is 4.28. The Morgan fingerprint density at radius 3 is 2.76 bits per heavy atom. The first kappa shape index (κ1) is 14.1. The Kier molecular flexibility index (Phi) is 6.82. The van der Waals surface area contributed by atoms with Gasteiger partial charge in [0.25, 0.3) is 0 Å². The molecule has 0 saturated heterocycles. The van der Waals surface area contributed by atoms with Crippen LogP contribution in [0, 0.1) is 5.92 Å². The smallest absolute Gasteiger partial charge is 0.0541 e. The van der Waals surface area contributed by atoms with Gasteiger partial charge in [-0.15, -0.1) is 0 Å². The molecule has 0 spiro atoms. The van der Waals surface area contributed by atoms with Gasteiger partial charge in [0.1, 0.15) is 0 Å². The van der Waals surface area contributed by atoms with Crippen molar-refractivity contribution in [2.45, 2.75) is 26.8 Å². The van der Waals surface area contributed by atoms with Gasteiger partial charge in [-0.25, -0.2) is 0 Å². The molecule has 0 aliphatic heterocycles. The molecule has 0 atom stereocenters. The summed E-state index contributed by atoms with van der Waals surface area (Å²) in [6.07, 6.45) is 3.11. The molecule has 3 nitrogen and oxygen atoms in total. The zero-order valence-corrected chi connectivity index (χ0v) is 11.3. The number of aromatic nitrogens is 1. The molecular formula is C14H25N3. The van der Waals surface area contributed by atoms with E-state index in [-0.39, 0.29) is 0 Å². The zero-order chi connectivity index (χ0) is 12.5. The van der Waals surface area contributed by atoms with Crippen molar-refractivity contribution in [2.24, 2.45) is 5.92 Å². The maximum absolute atomic E-state index is 4.28.